The highest BCUT2D eigenvalue weighted by Gasteiger charge is 2.29. The minimum Gasteiger partial charge on any atom is -0.486 e. The number of amides is 2. The Morgan fingerprint density at radius 2 is 1.68 bits per heavy atom. The number of nitrogens with zero attached hydrogens (tertiary/aromatic N) is 3. The number of rotatable bonds is 5. The highest BCUT2D eigenvalue weighted by Crippen LogP contribution is 2.35. The summed E-state index contributed by atoms with van der Waals surface area (Å²) in [5.41, 5.74) is 0.559. The molecule has 0 atom stereocenters. The molecular weight excluding hydrogens is 440 g/mol. The van der Waals surface area contributed by atoms with Crippen molar-refractivity contribution in [3.63, 3.8) is 0 Å². The van der Waals surface area contributed by atoms with Crippen LogP contribution in [0, 0.1) is 10.1 Å². The summed E-state index contributed by atoms with van der Waals surface area (Å²) in [7, 11) is 0. The van der Waals surface area contributed by atoms with Crippen LogP contribution in [0.1, 0.15) is 36.7 Å². The van der Waals surface area contributed by atoms with E-state index in [0.29, 0.717) is 56.6 Å². The van der Waals surface area contributed by atoms with Crippen molar-refractivity contribution < 1.29 is 24.0 Å². The molecule has 10 heteroatoms. The number of nitrogens with one attached hydrogen (secondary N) is 1. The van der Waals surface area contributed by atoms with Crippen LogP contribution >= 0.6 is 0 Å². The minimum absolute atomic E-state index is 0.0122. The molecule has 2 aliphatic rings. The van der Waals surface area contributed by atoms with Gasteiger partial charge in [0.15, 0.2) is 11.5 Å². The molecule has 1 N–H and O–H groups in total. The topological polar surface area (TPSA) is 114 Å². The van der Waals surface area contributed by atoms with E-state index in [4.69, 9.17) is 9.47 Å². The van der Waals surface area contributed by atoms with Crippen molar-refractivity contribution in [1.82, 2.24) is 10.2 Å². The zero-order chi connectivity index (χ0) is 24.5. The Bertz CT molecular complexity index is 1120. The number of benzene rings is 2. The van der Waals surface area contributed by atoms with E-state index in [1.807, 2.05) is 36.9 Å². The van der Waals surface area contributed by atoms with Gasteiger partial charge in [0.05, 0.1) is 10.5 Å². The van der Waals surface area contributed by atoms with E-state index in [-0.39, 0.29) is 17.2 Å². The van der Waals surface area contributed by atoms with E-state index < -0.39 is 16.4 Å². The standard InChI is InChI=1S/C24H28N4O6/c1-16(29)26-8-10-27(11-9-26)19-6-4-17(14-20(19)28(31)32)23(30)25-24(2,3)18-5-7-21-22(15-18)34-13-12-33-21/h4-7,14-15H,8-13H2,1-3H3,(H,25,30). The Kier molecular flexibility index (Phi) is 6.32. The maximum absolute atomic E-state index is 13.1. The van der Waals surface area contributed by atoms with Gasteiger partial charge in [-0.3, -0.25) is 19.7 Å². The molecule has 0 saturated carbocycles. The summed E-state index contributed by atoms with van der Waals surface area (Å²) in [5, 5.41) is 14.8. The predicted molar refractivity (Wildman–Crippen MR) is 125 cm³/mol. The van der Waals surface area contributed by atoms with E-state index in [2.05, 4.69) is 5.32 Å². The summed E-state index contributed by atoms with van der Waals surface area (Å²) in [6, 6.07) is 10.0. The van der Waals surface area contributed by atoms with Gasteiger partial charge in [-0.25, -0.2) is 0 Å². The van der Waals surface area contributed by atoms with Crippen molar-refractivity contribution in [2.75, 3.05) is 44.3 Å². The third-order valence-corrected chi connectivity index (χ3v) is 6.19. The first-order valence-corrected chi connectivity index (χ1v) is 11.2. The zero-order valence-corrected chi connectivity index (χ0v) is 19.5. The van der Waals surface area contributed by atoms with Crippen LogP contribution in [0.15, 0.2) is 36.4 Å². The van der Waals surface area contributed by atoms with Crippen LogP contribution in [-0.4, -0.2) is 61.0 Å². The Labute approximate surface area is 197 Å². The molecule has 1 fully saturated rings. The average Bonchev–Trinajstić information content (AvgIpc) is 2.83. The first kappa shape index (κ1) is 23.3. The number of hydrogen-bond donors (Lipinski definition) is 1. The first-order chi connectivity index (χ1) is 16.2. The lowest BCUT2D eigenvalue weighted by atomic mass is 9.93. The third kappa shape index (κ3) is 4.75. The molecule has 1 saturated heterocycles. The summed E-state index contributed by atoms with van der Waals surface area (Å²) in [6.07, 6.45) is 0. The van der Waals surface area contributed by atoms with Crippen molar-refractivity contribution in [2.45, 2.75) is 26.3 Å². The minimum atomic E-state index is -0.761. The van der Waals surface area contributed by atoms with Crippen molar-refractivity contribution in [2.24, 2.45) is 0 Å². The lowest BCUT2D eigenvalue weighted by Crippen LogP contribution is -2.48. The number of carbonyl (C=O) groups excluding carboxylic acids is 2. The summed E-state index contributed by atoms with van der Waals surface area (Å²) < 4.78 is 11.2. The molecule has 4 rings (SSSR count). The Morgan fingerprint density at radius 3 is 2.32 bits per heavy atom. The van der Waals surface area contributed by atoms with Gasteiger partial charge in [-0.15, -0.1) is 0 Å². The van der Waals surface area contributed by atoms with Gasteiger partial charge < -0.3 is 24.6 Å². The number of fused-ring (bicyclic) bond motifs is 1. The van der Waals surface area contributed by atoms with Gasteiger partial charge in [-0.05, 0) is 43.7 Å². The molecule has 0 spiro atoms. The monoisotopic (exact) mass is 468 g/mol. The van der Waals surface area contributed by atoms with E-state index in [9.17, 15) is 19.7 Å². The second-order valence-corrected chi connectivity index (χ2v) is 8.89. The number of carbonyl (C=O) groups is 2. The molecule has 0 aromatic heterocycles. The average molecular weight is 469 g/mol. The van der Waals surface area contributed by atoms with Gasteiger partial charge in [0.2, 0.25) is 5.91 Å². The number of piperazine rings is 1. The van der Waals surface area contributed by atoms with Crippen LogP contribution in [0.4, 0.5) is 11.4 Å². The predicted octanol–water partition coefficient (Wildman–Crippen LogP) is 2.70. The first-order valence-electron chi connectivity index (χ1n) is 11.2. The van der Waals surface area contributed by atoms with Gasteiger partial charge in [0, 0.05) is 44.7 Å². The second-order valence-electron chi connectivity index (χ2n) is 8.89. The summed E-state index contributed by atoms with van der Waals surface area (Å²) in [5.74, 6) is 0.848. The highest BCUT2D eigenvalue weighted by atomic mass is 16.6. The summed E-state index contributed by atoms with van der Waals surface area (Å²) in [4.78, 5) is 39.5. The number of ether oxygens (including phenoxy) is 2. The van der Waals surface area contributed by atoms with Gasteiger partial charge in [-0.1, -0.05) is 6.07 Å². The van der Waals surface area contributed by atoms with Gasteiger partial charge >= 0.3 is 0 Å². The molecule has 2 amide bonds. The van der Waals surface area contributed by atoms with E-state index in [1.54, 1.807) is 17.0 Å². The molecule has 0 aliphatic carbocycles. The zero-order valence-electron chi connectivity index (χ0n) is 19.5. The Morgan fingerprint density at radius 1 is 1.00 bits per heavy atom. The molecule has 0 unspecified atom stereocenters. The molecule has 180 valence electrons. The Hall–Kier alpha value is -3.82. The van der Waals surface area contributed by atoms with Crippen LogP contribution in [0.2, 0.25) is 0 Å². The van der Waals surface area contributed by atoms with Crippen molar-refractivity contribution in [3.8, 4) is 11.5 Å². The maximum atomic E-state index is 13.1. The van der Waals surface area contributed by atoms with Crippen molar-refractivity contribution >= 4 is 23.2 Å². The molecule has 34 heavy (non-hydrogen) atoms. The van der Waals surface area contributed by atoms with Crippen LogP contribution in [-0.2, 0) is 10.3 Å². The maximum Gasteiger partial charge on any atom is 0.293 e. The summed E-state index contributed by atoms with van der Waals surface area (Å²) >= 11 is 0. The molecule has 10 nitrogen and oxygen atoms in total. The van der Waals surface area contributed by atoms with E-state index in [1.165, 1.54) is 13.0 Å². The molecule has 2 aliphatic heterocycles. The van der Waals surface area contributed by atoms with E-state index >= 15 is 0 Å². The number of nitro groups is 1. The summed E-state index contributed by atoms with van der Waals surface area (Å²) in [6.45, 7) is 8.15. The quantitative estimate of drug-likeness (QED) is 0.530. The number of hydrogen-bond acceptors (Lipinski definition) is 7. The molecule has 2 heterocycles. The molecule has 0 radical (unpaired) electrons. The van der Waals surface area contributed by atoms with Crippen LogP contribution < -0.4 is 19.7 Å². The lowest BCUT2D eigenvalue weighted by Gasteiger charge is -2.35. The molecule has 2 aromatic carbocycles. The fourth-order valence-electron chi connectivity index (χ4n) is 4.20. The third-order valence-electron chi connectivity index (χ3n) is 6.19. The second kappa shape index (κ2) is 9.20. The highest BCUT2D eigenvalue weighted by molar-refractivity contribution is 5.96. The van der Waals surface area contributed by atoms with Crippen molar-refractivity contribution in [1.29, 1.82) is 0 Å². The van der Waals surface area contributed by atoms with Gasteiger partial charge in [0.1, 0.15) is 18.9 Å². The van der Waals surface area contributed by atoms with Crippen LogP contribution in [0.5, 0.6) is 11.5 Å². The number of anilines is 1. The molecule has 0 bridgehead atoms. The van der Waals surface area contributed by atoms with E-state index in [0.717, 1.165) is 5.56 Å². The van der Waals surface area contributed by atoms with Crippen molar-refractivity contribution in [3.05, 3.63) is 57.6 Å². The van der Waals surface area contributed by atoms with Gasteiger partial charge in [-0.2, -0.15) is 0 Å². The lowest BCUT2D eigenvalue weighted by molar-refractivity contribution is -0.384. The fourth-order valence-corrected chi connectivity index (χ4v) is 4.20. The molecule has 2 aromatic rings. The smallest absolute Gasteiger partial charge is 0.293 e. The van der Waals surface area contributed by atoms with Crippen LogP contribution in [0.25, 0.3) is 0 Å². The van der Waals surface area contributed by atoms with Crippen LogP contribution in [0.3, 0.4) is 0 Å². The SMILES string of the molecule is CC(=O)N1CCN(c2ccc(C(=O)NC(C)(C)c3ccc4c(c3)OCCO4)cc2[N+](=O)[O-])CC1. The normalized spacial score (nSPS) is 15.6. The fraction of sp³-hybridized carbons (Fsp3) is 0.417. The Balaban J connectivity index is 1.52. The number of nitro benzene ring substituents is 1. The van der Waals surface area contributed by atoms with Gasteiger partial charge in [0.25, 0.3) is 11.6 Å². The molecular formula is C24H28N4O6. The largest absolute Gasteiger partial charge is 0.486 e.